The predicted octanol–water partition coefficient (Wildman–Crippen LogP) is 1.16. The molecule has 3 heteroatoms. The molecule has 3 nitrogen and oxygen atoms in total. The Balaban J connectivity index is 1.67. The van der Waals surface area contributed by atoms with Crippen LogP contribution in [0.15, 0.2) is 4.99 Å². The van der Waals surface area contributed by atoms with Crippen LogP contribution in [0.5, 0.6) is 0 Å². The molecule has 0 bridgehead atoms. The molecule has 0 aromatic rings. The van der Waals surface area contributed by atoms with Crippen LogP contribution in [0.1, 0.15) is 32.1 Å². The molecule has 2 aliphatic rings. The summed E-state index contributed by atoms with van der Waals surface area (Å²) < 4.78 is 0. The smallest absolute Gasteiger partial charge is 0.0963 e. The summed E-state index contributed by atoms with van der Waals surface area (Å²) in [6, 6.07) is 0. The second kappa shape index (κ2) is 5.35. The summed E-state index contributed by atoms with van der Waals surface area (Å²) >= 11 is 0. The van der Waals surface area contributed by atoms with Gasteiger partial charge >= 0.3 is 0 Å². The van der Waals surface area contributed by atoms with Crippen molar-refractivity contribution in [3.05, 3.63) is 0 Å². The molecule has 0 aromatic carbocycles. The van der Waals surface area contributed by atoms with E-state index in [9.17, 15) is 0 Å². The molecule has 0 aromatic heterocycles. The van der Waals surface area contributed by atoms with Crippen LogP contribution in [-0.4, -0.2) is 32.0 Å². The minimum Gasteiger partial charge on any atom is -0.374 e. The first-order chi connectivity index (χ1) is 6.95. The van der Waals surface area contributed by atoms with Crippen LogP contribution in [0, 0.1) is 5.92 Å². The van der Waals surface area contributed by atoms with Crippen molar-refractivity contribution in [3.8, 4) is 0 Å². The van der Waals surface area contributed by atoms with Gasteiger partial charge in [-0.15, -0.1) is 0 Å². The molecule has 0 spiro atoms. The average Bonchev–Trinajstić information content (AvgIpc) is 2.29. The highest BCUT2D eigenvalue weighted by Gasteiger charge is 2.13. The molecule has 2 rings (SSSR count). The van der Waals surface area contributed by atoms with Crippen molar-refractivity contribution in [2.75, 3.05) is 26.2 Å². The first-order valence-electron chi connectivity index (χ1n) is 5.93. The van der Waals surface area contributed by atoms with E-state index in [0.717, 1.165) is 19.0 Å². The maximum absolute atomic E-state index is 4.50. The lowest BCUT2D eigenvalue weighted by molar-refractivity contribution is 0.374. The van der Waals surface area contributed by atoms with Crippen LogP contribution in [0.25, 0.3) is 0 Å². The minimum absolute atomic E-state index is 0.813. The third kappa shape index (κ3) is 2.98. The summed E-state index contributed by atoms with van der Waals surface area (Å²) in [4.78, 5) is 4.50. The number of nitrogens with one attached hydrogen (secondary N) is 2. The zero-order valence-electron chi connectivity index (χ0n) is 8.89. The number of piperidine rings is 1. The lowest BCUT2D eigenvalue weighted by Gasteiger charge is -2.24. The van der Waals surface area contributed by atoms with Crippen molar-refractivity contribution in [1.29, 1.82) is 0 Å². The monoisotopic (exact) mass is 195 g/mol. The quantitative estimate of drug-likeness (QED) is 0.693. The maximum atomic E-state index is 4.50. The predicted molar refractivity (Wildman–Crippen MR) is 59.7 cm³/mol. The Morgan fingerprint density at radius 2 is 2.36 bits per heavy atom. The Kier molecular flexibility index (Phi) is 3.80. The van der Waals surface area contributed by atoms with Gasteiger partial charge in [-0.05, 0) is 44.7 Å². The molecule has 1 unspecified atom stereocenters. The third-order valence-electron chi connectivity index (χ3n) is 3.12. The first kappa shape index (κ1) is 9.97. The van der Waals surface area contributed by atoms with E-state index < -0.39 is 0 Å². The van der Waals surface area contributed by atoms with E-state index in [0.29, 0.717) is 0 Å². The van der Waals surface area contributed by atoms with E-state index in [2.05, 4.69) is 15.6 Å². The van der Waals surface area contributed by atoms with Crippen molar-refractivity contribution < 1.29 is 0 Å². The Morgan fingerprint density at radius 1 is 1.36 bits per heavy atom. The summed E-state index contributed by atoms with van der Waals surface area (Å²) in [6.07, 6.45) is 6.46. The van der Waals surface area contributed by atoms with Gasteiger partial charge in [-0.1, -0.05) is 0 Å². The Hall–Kier alpha value is -0.570. The molecule has 0 amide bonds. The number of nitrogens with zero attached hydrogens (tertiary/aromatic N) is 1. The zero-order valence-corrected chi connectivity index (χ0v) is 8.89. The molecule has 1 atom stereocenters. The first-order valence-corrected chi connectivity index (χ1v) is 5.93. The number of rotatable bonds is 2. The zero-order chi connectivity index (χ0) is 9.64. The van der Waals surface area contributed by atoms with Crippen molar-refractivity contribution >= 4 is 5.84 Å². The molecule has 1 fully saturated rings. The molecular weight excluding hydrogens is 174 g/mol. The molecule has 2 heterocycles. The summed E-state index contributed by atoms with van der Waals surface area (Å²) in [5.74, 6) is 2.06. The summed E-state index contributed by atoms with van der Waals surface area (Å²) in [6.45, 7) is 4.54. The maximum Gasteiger partial charge on any atom is 0.0963 e. The fourth-order valence-corrected chi connectivity index (χ4v) is 2.20. The highest BCUT2D eigenvalue weighted by molar-refractivity contribution is 5.82. The molecule has 1 saturated heterocycles. The second-order valence-electron chi connectivity index (χ2n) is 4.38. The van der Waals surface area contributed by atoms with Crippen molar-refractivity contribution in [1.82, 2.24) is 10.6 Å². The number of aliphatic imine (C=N–C) groups is 1. The van der Waals surface area contributed by atoms with Gasteiger partial charge < -0.3 is 10.6 Å². The normalized spacial score (nSPS) is 28.3. The largest absolute Gasteiger partial charge is 0.374 e. The van der Waals surface area contributed by atoms with Gasteiger partial charge in [0.1, 0.15) is 0 Å². The molecule has 0 saturated carbocycles. The van der Waals surface area contributed by atoms with Crippen LogP contribution in [-0.2, 0) is 0 Å². The average molecular weight is 195 g/mol. The Bertz CT molecular complexity index is 195. The van der Waals surface area contributed by atoms with Gasteiger partial charge in [-0.3, -0.25) is 4.99 Å². The fraction of sp³-hybridized carbons (Fsp3) is 0.909. The SMILES string of the molecule is C1CCC(NCC2CCCNC2)=NC1. The minimum atomic E-state index is 0.813. The number of hydrogen-bond acceptors (Lipinski definition) is 3. The summed E-state index contributed by atoms with van der Waals surface area (Å²) in [5, 5.41) is 6.94. The highest BCUT2D eigenvalue weighted by Crippen LogP contribution is 2.09. The van der Waals surface area contributed by atoms with E-state index >= 15 is 0 Å². The molecule has 80 valence electrons. The van der Waals surface area contributed by atoms with Gasteiger partial charge in [0.15, 0.2) is 0 Å². The Morgan fingerprint density at radius 3 is 3.07 bits per heavy atom. The van der Waals surface area contributed by atoms with Gasteiger partial charge in [-0.2, -0.15) is 0 Å². The van der Waals surface area contributed by atoms with Gasteiger partial charge in [0, 0.05) is 19.5 Å². The summed E-state index contributed by atoms with van der Waals surface area (Å²) in [7, 11) is 0. The third-order valence-corrected chi connectivity index (χ3v) is 3.12. The second-order valence-corrected chi connectivity index (χ2v) is 4.38. The lowest BCUT2D eigenvalue weighted by Crippen LogP contribution is -2.38. The van der Waals surface area contributed by atoms with Gasteiger partial charge in [0.25, 0.3) is 0 Å². The number of hydrogen-bond donors (Lipinski definition) is 2. The van der Waals surface area contributed by atoms with Crippen LogP contribution >= 0.6 is 0 Å². The van der Waals surface area contributed by atoms with E-state index in [1.807, 2.05) is 0 Å². The van der Waals surface area contributed by atoms with Crippen molar-refractivity contribution in [3.63, 3.8) is 0 Å². The van der Waals surface area contributed by atoms with Crippen molar-refractivity contribution in [2.24, 2.45) is 10.9 Å². The van der Waals surface area contributed by atoms with Crippen LogP contribution in [0.2, 0.25) is 0 Å². The topological polar surface area (TPSA) is 36.4 Å². The standard InChI is InChI=1S/C11H21N3/c1-2-7-13-11(5-1)14-9-10-4-3-6-12-8-10/h10,12H,1-9H2,(H,13,14). The molecule has 2 N–H and O–H groups in total. The van der Waals surface area contributed by atoms with E-state index in [1.54, 1.807) is 0 Å². The van der Waals surface area contributed by atoms with Gasteiger partial charge in [0.2, 0.25) is 0 Å². The van der Waals surface area contributed by atoms with E-state index in [1.165, 1.54) is 51.0 Å². The fourth-order valence-electron chi connectivity index (χ4n) is 2.20. The molecule has 0 aliphatic carbocycles. The summed E-state index contributed by atoms with van der Waals surface area (Å²) in [5.41, 5.74) is 0. The van der Waals surface area contributed by atoms with Crippen LogP contribution in [0.3, 0.4) is 0 Å². The van der Waals surface area contributed by atoms with Gasteiger partial charge in [0.05, 0.1) is 5.84 Å². The van der Waals surface area contributed by atoms with Crippen LogP contribution < -0.4 is 10.6 Å². The molecule has 0 radical (unpaired) electrons. The lowest BCUT2D eigenvalue weighted by atomic mass is 9.99. The Labute approximate surface area is 86.4 Å². The molecular formula is C11H21N3. The van der Waals surface area contributed by atoms with Crippen molar-refractivity contribution in [2.45, 2.75) is 32.1 Å². The van der Waals surface area contributed by atoms with E-state index in [4.69, 9.17) is 0 Å². The highest BCUT2D eigenvalue weighted by atomic mass is 15.0. The number of amidine groups is 1. The molecule has 2 aliphatic heterocycles. The molecule has 14 heavy (non-hydrogen) atoms. The van der Waals surface area contributed by atoms with Crippen LogP contribution in [0.4, 0.5) is 0 Å². The van der Waals surface area contributed by atoms with E-state index in [-0.39, 0.29) is 0 Å². The van der Waals surface area contributed by atoms with Gasteiger partial charge in [-0.25, -0.2) is 0 Å².